The van der Waals surface area contributed by atoms with Crippen molar-refractivity contribution >= 4 is 12.6 Å². The fourth-order valence-electron chi connectivity index (χ4n) is 1.48. The molecule has 1 aromatic rings. The highest BCUT2D eigenvalue weighted by atomic mass is 19.4. The minimum atomic E-state index is -7.57. The fraction of sp³-hybridized carbons (Fsp3) is 0.455. The van der Waals surface area contributed by atoms with Crippen LogP contribution < -0.4 is 10.2 Å². The first-order chi connectivity index (χ1) is 11.4. The maximum Gasteiger partial charge on any atom is 0.488 e. The number of hydrogen-bond donors (Lipinski definition) is 2. The molecular formula is C11H6BF11O3. The molecule has 0 aromatic heterocycles. The molecular weight excluding hydrogens is 400 g/mol. The first-order valence-corrected chi connectivity index (χ1v) is 6.11. The lowest BCUT2D eigenvalue weighted by Gasteiger charge is -2.36. The molecule has 0 aliphatic rings. The normalized spacial score (nSPS) is 14.3. The van der Waals surface area contributed by atoms with Crippen LogP contribution in [0, 0.1) is 0 Å². The highest BCUT2D eigenvalue weighted by Gasteiger charge is 2.88. The van der Waals surface area contributed by atoms with E-state index < -0.39 is 42.9 Å². The standard InChI is InChI=1S/C11H6BF11O3/c13-7(14,8(15,16)10(19,20)21)9(17,18)11(22,23)26-6-3-1-5(2-4-6)12(24)25/h1-4,24-25H. The Labute approximate surface area is 137 Å². The minimum absolute atomic E-state index is 0.332. The lowest BCUT2D eigenvalue weighted by Crippen LogP contribution is -2.67. The molecule has 0 saturated heterocycles. The SMILES string of the molecule is OB(O)c1ccc(OC(F)(F)C(F)(F)C(F)(F)C(F)(F)C(F)(F)F)cc1. The molecule has 0 atom stereocenters. The maximum absolute atomic E-state index is 13.3. The molecule has 1 aromatic carbocycles. The van der Waals surface area contributed by atoms with E-state index in [4.69, 9.17) is 10.0 Å². The van der Waals surface area contributed by atoms with E-state index in [0.29, 0.717) is 24.3 Å². The second-order valence-electron chi connectivity index (χ2n) is 4.78. The number of benzene rings is 1. The van der Waals surface area contributed by atoms with Gasteiger partial charge in [0.1, 0.15) is 5.75 Å². The average molecular weight is 406 g/mol. The van der Waals surface area contributed by atoms with Crippen molar-refractivity contribution in [3.8, 4) is 5.75 Å². The van der Waals surface area contributed by atoms with Gasteiger partial charge in [-0.1, -0.05) is 12.1 Å². The van der Waals surface area contributed by atoms with Gasteiger partial charge in [0.2, 0.25) is 0 Å². The Morgan fingerprint density at radius 2 is 1.08 bits per heavy atom. The smallest absolute Gasteiger partial charge is 0.428 e. The van der Waals surface area contributed by atoms with Gasteiger partial charge in [-0.15, -0.1) is 0 Å². The molecule has 0 spiro atoms. The van der Waals surface area contributed by atoms with Crippen LogP contribution in [0.1, 0.15) is 0 Å². The molecule has 3 nitrogen and oxygen atoms in total. The zero-order valence-corrected chi connectivity index (χ0v) is 11.8. The molecule has 15 heteroatoms. The summed E-state index contributed by atoms with van der Waals surface area (Å²) in [5.74, 6) is -23.7. The van der Waals surface area contributed by atoms with Crippen LogP contribution in [0.4, 0.5) is 48.3 Å². The van der Waals surface area contributed by atoms with E-state index in [2.05, 4.69) is 4.74 Å². The summed E-state index contributed by atoms with van der Waals surface area (Å²) >= 11 is 0. The number of hydrogen-bond acceptors (Lipinski definition) is 3. The lowest BCUT2D eigenvalue weighted by molar-refractivity contribution is -0.445. The second kappa shape index (κ2) is 6.44. The van der Waals surface area contributed by atoms with Crippen LogP contribution in [0.25, 0.3) is 0 Å². The van der Waals surface area contributed by atoms with Crippen LogP contribution in [-0.2, 0) is 0 Å². The van der Waals surface area contributed by atoms with E-state index in [1.165, 1.54) is 0 Å². The van der Waals surface area contributed by atoms with E-state index in [1.54, 1.807) is 0 Å². The Morgan fingerprint density at radius 3 is 1.42 bits per heavy atom. The summed E-state index contributed by atoms with van der Waals surface area (Å²) in [5, 5.41) is 17.4. The Balaban J connectivity index is 3.23. The van der Waals surface area contributed by atoms with Crippen LogP contribution in [0.5, 0.6) is 5.75 Å². The molecule has 0 radical (unpaired) electrons. The molecule has 148 valence electrons. The van der Waals surface area contributed by atoms with Gasteiger partial charge < -0.3 is 14.8 Å². The summed E-state index contributed by atoms with van der Waals surface area (Å²) in [6, 6.07) is 1.85. The molecule has 0 bridgehead atoms. The van der Waals surface area contributed by atoms with Gasteiger partial charge in [-0.3, -0.25) is 0 Å². The van der Waals surface area contributed by atoms with Crippen LogP contribution in [-0.4, -0.2) is 47.2 Å². The van der Waals surface area contributed by atoms with Crippen molar-refractivity contribution in [2.24, 2.45) is 0 Å². The Morgan fingerprint density at radius 1 is 0.654 bits per heavy atom. The van der Waals surface area contributed by atoms with Gasteiger partial charge in [-0.2, -0.15) is 48.3 Å². The predicted octanol–water partition coefficient (Wildman–Crippen LogP) is 2.81. The van der Waals surface area contributed by atoms with Crippen molar-refractivity contribution in [3.63, 3.8) is 0 Å². The number of halogens is 11. The van der Waals surface area contributed by atoms with Gasteiger partial charge >= 0.3 is 37.2 Å². The fourth-order valence-corrected chi connectivity index (χ4v) is 1.48. The molecule has 26 heavy (non-hydrogen) atoms. The molecule has 0 heterocycles. The summed E-state index contributed by atoms with van der Waals surface area (Å²) < 4.78 is 143. The van der Waals surface area contributed by atoms with Gasteiger partial charge in [0.15, 0.2) is 0 Å². The van der Waals surface area contributed by atoms with Gasteiger partial charge in [0, 0.05) is 0 Å². The van der Waals surface area contributed by atoms with Crippen molar-refractivity contribution in [2.45, 2.75) is 30.1 Å². The van der Waals surface area contributed by atoms with Crippen LogP contribution >= 0.6 is 0 Å². The Kier molecular flexibility index (Phi) is 5.52. The van der Waals surface area contributed by atoms with Crippen LogP contribution in [0.3, 0.4) is 0 Å². The third-order valence-electron chi connectivity index (χ3n) is 2.93. The first-order valence-electron chi connectivity index (χ1n) is 6.11. The van der Waals surface area contributed by atoms with Crippen molar-refractivity contribution in [3.05, 3.63) is 24.3 Å². The number of rotatable bonds is 6. The molecule has 0 fully saturated rings. The third kappa shape index (κ3) is 3.54. The largest absolute Gasteiger partial charge is 0.488 e. The van der Waals surface area contributed by atoms with Crippen LogP contribution in [0.2, 0.25) is 0 Å². The van der Waals surface area contributed by atoms with Crippen molar-refractivity contribution in [1.82, 2.24) is 0 Å². The summed E-state index contributed by atoms with van der Waals surface area (Å²) in [6.07, 6.45) is -13.8. The van der Waals surface area contributed by atoms with E-state index >= 15 is 0 Å². The van der Waals surface area contributed by atoms with E-state index in [1.807, 2.05) is 0 Å². The second-order valence-corrected chi connectivity index (χ2v) is 4.78. The molecule has 0 saturated carbocycles. The van der Waals surface area contributed by atoms with Crippen molar-refractivity contribution in [1.29, 1.82) is 0 Å². The van der Waals surface area contributed by atoms with E-state index in [0.717, 1.165) is 0 Å². The molecule has 0 aliphatic carbocycles. The zero-order valence-electron chi connectivity index (χ0n) is 11.8. The third-order valence-corrected chi connectivity index (χ3v) is 2.93. The summed E-state index contributed by atoms with van der Waals surface area (Å²) in [4.78, 5) is 0. The highest BCUT2D eigenvalue weighted by Crippen LogP contribution is 2.57. The quantitative estimate of drug-likeness (QED) is 0.565. The molecule has 0 aliphatic heterocycles. The van der Waals surface area contributed by atoms with Crippen molar-refractivity contribution < 1.29 is 63.1 Å². The maximum atomic E-state index is 13.3. The number of ether oxygens (including phenoxy) is 1. The van der Waals surface area contributed by atoms with Gasteiger partial charge in [0.25, 0.3) is 0 Å². The van der Waals surface area contributed by atoms with Gasteiger partial charge in [-0.05, 0) is 17.6 Å². The Hall–Kier alpha value is -1.77. The van der Waals surface area contributed by atoms with Gasteiger partial charge in [0.05, 0.1) is 0 Å². The average Bonchev–Trinajstić information content (AvgIpc) is 2.45. The minimum Gasteiger partial charge on any atom is -0.428 e. The van der Waals surface area contributed by atoms with E-state index in [-0.39, 0.29) is 5.46 Å². The van der Waals surface area contributed by atoms with Crippen molar-refractivity contribution in [2.75, 3.05) is 0 Å². The molecule has 1 rings (SSSR count). The van der Waals surface area contributed by atoms with Gasteiger partial charge in [-0.25, -0.2) is 0 Å². The van der Waals surface area contributed by atoms with Crippen LogP contribution in [0.15, 0.2) is 24.3 Å². The summed E-state index contributed by atoms with van der Waals surface area (Å²) in [5.41, 5.74) is -0.388. The molecule has 0 amide bonds. The van der Waals surface area contributed by atoms with E-state index in [9.17, 15) is 48.3 Å². The zero-order chi connectivity index (χ0) is 20.8. The predicted molar refractivity (Wildman–Crippen MR) is 62.7 cm³/mol. The molecule has 0 unspecified atom stereocenters. The number of alkyl halides is 11. The lowest BCUT2D eigenvalue weighted by atomic mass is 9.80. The topological polar surface area (TPSA) is 49.7 Å². The monoisotopic (exact) mass is 406 g/mol. The Bertz CT molecular complexity index is 627. The summed E-state index contributed by atoms with van der Waals surface area (Å²) in [7, 11) is -2.14. The first kappa shape index (κ1) is 22.3. The highest BCUT2D eigenvalue weighted by molar-refractivity contribution is 6.58. The summed E-state index contributed by atoms with van der Waals surface area (Å²) in [6.45, 7) is 0. The molecule has 2 N–H and O–H groups in total.